The lowest BCUT2D eigenvalue weighted by molar-refractivity contribution is 0.210. The number of hydrogen-bond acceptors (Lipinski definition) is 6. The fraction of sp³-hybridized carbons (Fsp3) is 0.176. The molecule has 0 saturated heterocycles. The highest BCUT2D eigenvalue weighted by atomic mass is 16.5. The SMILES string of the molecule is COCCNc1ncnc(Oc2ccc3ccccc3c2)c1N. The van der Waals surface area contributed by atoms with Crippen molar-refractivity contribution < 1.29 is 9.47 Å². The summed E-state index contributed by atoms with van der Waals surface area (Å²) in [6.07, 6.45) is 1.42. The van der Waals surface area contributed by atoms with Crippen LogP contribution in [0.1, 0.15) is 0 Å². The molecule has 0 spiro atoms. The molecule has 2 aromatic carbocycles. The zero-order chi connectivity index (χ0) is 16.1. The van der Waals surface area contributed by atoms with Crippen LogP contribution in [-0.2, 0) is 4.74 Å². The molecular formula is C17H18N4O2. The van der Waals surface area contributed by atoms with Crippen LogP contribution >= 0.6 is 0 Å². The molecule has 0 fully saturated rings. The van der Waals surface area contributed by atoms with E-state index < -0.39 is 0 Å². The van der Waals surface area contributed by atoms with Gasteiger partial charge in [-0.3, -0.25) is 0 Å². The molecule has 0 unspecified atom stereocenters. The van der Waals surface area contributed by atoms with Crippen molar-refractivity contribution in [3.05, 3.63) is 48.8 Å². The lowest BCUT2D eigenvalue weighted by Crippen LogP contribution is -2.11. The van der Waals surface area contributed by atoms with E-state index in [0.29, 0.717) is 36.3 Å². The van der Waals surface area contributed by atoms with Gasteiger partial charge in [-0.2, -0.15) is 4.98 Å². The average molecular weight is 310 g/mol. The largest absolute Gasteiger partial charge is 0.437 e. The van der Waals surface area contributed by atoms with Crippen LogP contribution in [-0.4, -0.2) is 30.2 Å². The molecule has 0 aliphatic rings. The first-order valence-electron chi connectivity index (χ1n) is 7.28. The van der Waals surface area contributed by atoms with Crippen LogP contribution in [0.5, 0.6) is 11.6 Å². The second-order valence-electron chi connectivity index (χ2n) is 4.97. The Morgan fingerprint density at radius 1 is 1.09 bits per heavy atom. The average Bonchev–Trinajstić information content (AvgIpc) is 2.58. The van der Waals surface area contributed by atoms with E-state index in [4.69, 9.17) is 15.2 Å². The summed E-state index contributed by atoms with van der Waals surface area (Å²) in [6.45, 7) is 1.16. The number of rotatable bonds is 6. The third-order valence-corrected chi connectivity index (χ3v) is 3.38. The Morgan fingerprint density at radius 3 is 2.74 bits per heavy atom. The van der Waals surface area contributed by atoms with E-state index in [0.717, 1.165) is 10.8 Å². The standard InChI is InChI=1S/C17H18N4O2/c1-22-9-8-19-16-15(18)17(21-11-20-16)23-14-7-6-12-4-2-3-5-13(12)10-14/h2-7,10-11H,8-9,18H2,1H3,(H,19,20,21). The summed E-state index contributed by atoms with van der Waals surface area (Å²) in [4.78, 5) is 8.23. The van der Waals surface area contributed by atoms with Crippen molar-refractivity contribution in [1.82, 2.24) is 9.97 Å². The number of methoxy groups -OCH3 is 1. The van der Waals surface area contributed by atoms with E-state index >= 15 is 0 Å². The highest BCUT2D eigenvalue weighted by Gasteiger charge is 2.10. The van der Waals surface area contributed by atoms with Gasteiger partial charge in [-0.05, 0) is 22.9 Å². The molecule has 3 aromatic rings. The molecule has 3 rings (SSSR count). The van der Waals surface area contributed by atoms with E-state index in [9.17, 15) is 0 Å². The lowest BCUT2D eigenvalue weighted by Gasteiger charge is -2.11. The van der Waals surface area contributed by atoms with E-state index in [1.54, 1.807) is 7.11 Å². The number of ether oxygens (including phenoxy) is 2. The molecule has 1 heterocycles. The molecule has 0 radical (unpaired) electrons. The number of nitrogens with two attached hydrogens (primary N) is 1. The van der Waals surface area contributed by atoms with E-state index in [2.05, 4.69) is 21.4 Å². The Morgan fingerprint density at radius 2 is 1.91 bits per heavy atom. The molecule has 1 aromatic heterocycles. The van der Waals surface area contributed by atoms with Gasteiger partial charge in [0.25, 0.3) is 0 Å². The maximum absolute atomic E-state index is 6.07. The van der Waals surface area contributed by atoms with E-state index in [1.165, 1.54) is 6.33 Å². The van der Waals surface area contributed by atoms with Gasteiger partial charge >= 0.3 is 0 Å². The summed E-state index contributed by atoms with van der Waals surface area (Å²) < 4.78 is 10.8. The van der Waals surface area contributed by atoms with Crippen molar-refractivity contribution in [2.75, 3.05) is 31.3 Å². The van der Waals surface area contributed by atoms with Gasteiger partial charge in [0.15, 0.2) is 5.82 Å². The maximum Gasteiger partial charge on any atom is 0.248 e. The van der Waals surface area contributed by atoms with Gasteiger partial charge in [-0.25, -0.2) is 4.98 Å². The van der Waals surface area contributed by atoms with Crippen LogP contribution in [0.25, 0.3) is 10.8 Å². The first-order chi connectivity index (χ1) is 11.3. The Bertz CT molecular complexity index is 807. The molecule has 0 atom stereocenters. The summed E-state index contributed by atoms with van der Waals surface area (Å²) in [5, 5.41) is 5.33. The summed E-state index contributed by atoms with van der Waals surface area (Å²) in [5.74, 6) is 1.54. The van der Waals surface area contributed by atoms with Crippen molar-refractivity contribution >= 4 is 22.3 Å². The van der Waals surface area contributed by atoms with Crippen LogP contribution in [0, 0.1) is 0 Å². The van der Waals surface area contributed by atoms with Gasteiger partial charge in [0, 0.05) is 13.7 Å². The predicted octanol–water partition coefficient (Wildman–Crippen LogP) is 3.06. The third-order valence-electron chi connectivity index (χ3n) is 3.38. The number of nitrogens with zero attached hydrogens (tertiary/aromatic N) is 2. The minimum absolute atomic E-state index is 0.329. The first-order valence-corrected chi connectivity index (χ1v) is 7.28. The molecule has 3 N–H and O–H groups in total. The third kappa shape index (κ3) is 3.49. The molecule has 0 bridgehead atoms. The quantitative estimate of drug-likeness (QED) is 0.681. The van der Waals surface area contributed by atoms with Crippen LogP contribution in [0.3, 0.4) is 0 Å². The molecule has 118 valence electrons. The van der Waals surface area contributed by atoms with Gasteiger partial charge in [0.05, 0.1) is 6.61 Å². The van der Waals surface area contributed by atoms with Crippen LogP contribution in [0.2, 0.25) is 0 Å². The first kappa shape index (κ1) is 15.1. The van der Waals surface area contributed by atoms with Crippen LogP contribution in [0.4, 0.5) is 11.5 Å². The van der Waals surface area contributed by atoms with Crippen molar-refractivity contribution in [3.8, 4) is 11.6 Å². The van der Waals surface area contributed by atoms with Gasteiger partial charge < -0.3 is 20.5 Å². The van der Waals surface area contributed by atoms with Crippen LogP contribution in [0.15, 0.2) is 48.8 Å². The molecule has 0 aliphatic heterocycles. The topological polar surface area (TPSA) is 82.3 Å². The van der Waals surface area contributed by atoms with Crippen molar-refractivity contribution in [2.24, 2.45) is 0 Å². The van der Waals surface area contributed by atoms with Gasteiger partial charge in [-0.1, -0.05) is 30.3 Å². The molecule has 6 heteroatoms. The number of nitrogen functional groups attached to an aromatic ring is 1. The predicted molar refractivity (Wildman–Crippen MR) is 90.8 cm³/mol. The number of benzene rings is 2. The normalized spacial score (nSPS) is 10.7. The smallest absolute Gasteiger partial charge is 0.248 e. The summed E-state index contributed by atoms with van der Waals surface area (Å²) in [5.41, 5.74) is 6.44. The fourth-order valence-corrected chi connectivity index (χ4v) is 2.22. The summed E-state index contributed by atoms with van der Waals surface area (Å²) in [6, 6.07) is 13.9. The number of nitrogens with one attached hydrogen (secondary N) is 1. The summed E-state index contributed by atoms with van der Waals surface area (Å²) in [7, 11) is 1.64. The lowest BCUT2D eigenvalue weighted by atomic mass is 10.1. The highest BCUT2D eigenvalue weighted by molar-refractivity contribution is 5.83. The maximum atomic E-state index is 6.07. The molecule has 0 aliphatic carbocycles. The highest BCUT2D eigenvalue weighted by Crippen LogP contribution is 2.30. The van der Waals surface area contributed by atoms with E-state index in [-0.39, 0.29) is 0 Å². The number of hydrogen-bond donors (Lipinski definition) is 2. The number of fused-ring (bicyclic) bond motifs is 1. The zero-order valence-corrected chi connectivity index (χ0v) is 12.8. The Kier molecular flexibility index (Phi) is 4.54. The molecule has 0 amide bonds. The van der Waals surface area contributed by atoms with Gasteiger partial charge in [0.1, 0.15) is 17.8 Å². The summed E-state index contributed by atoms with van der Waals surface area (Å²) >= 11 is 0. The van der Waals surface area contributed by atoms with Crippen molar-refractivity contribution in [1.29, 1.82) is 0 Å². The Labute approximate surface area is 134 Å². The monoisotopic (exact) mass is 310 g/mol. The molecular weight excluding hydrogens is 292 g/mol. The minimum Gasteiger partial charge on any atom is -0.437 e. The molecule has 6 nitrogen and oxygen atoms in total. The molecule has 23 heavy (non-hydrogen) atoms. The van der Waals surface area contributed by atoms with Crippen LogP contribution < -0.4 is 15.8 Å². The van der Waals surface area contributed by atoms with Gasteiger partial charge in [0.2, 0.25) is 5.88 Å². The minimum atomic E-state index is 0.329. The second-order valence-corrected chi connectivity index (χ2v) is 4.97. The van der Waals surface area contributed by atoms with E-state index in [1.807, 2.05) is 36.4 Å². The van der Waals surface area contributed by atoms with Crippen molar-refractivity contribution in [3.63, 3.8) is 0 Å². The number of aromatic nitrogens is 2. The fourth-order valence-electron chi connectivity index (χ4n) is 2.22. The Balaban J connectivity index is 1.82. The Hall–Kier alpha value is -2.86. The zero-order valence-electron chi connectivity index (χ0n) is 12.8. The van der Waals surface area contributed by atoms with Crippen molar-refractivity contribution in [2.45, 2.75) is 0 Å². The second kappa shape index (κ2) is 6.93. The number of anilines is 2. The molecule has 0 saturated carbocycles. The van der Waals surface area contributed by atoms with Gasteiger partial charge in [-0.15, -0.1) is 0 Å².